The highest BCUT2D eigenvalue weighted by Gasteiger charge is 1.92. The van der Waals surface area contributed by atoms with Crippen LogP contribution in [0.1, 0.15) is 5.69 Å². The molecule has 0 aliphatic carbocycles. The first kappa shape index (κ1) is 5.24. The van der Waals surface area contributed by atoms with Gasteiger partial charge in [0.25, 0.3) is 5.56 Å². The normalized spacial score (nSPS) is 9.00. The molecule has 0 fully saturated rings. The third-order valence-corrected chi connectivity index (χ3v) is 1.27. The number of aromatic nitrogens is 2. The van der Waals surface area contributed by atoms with Crippen LogP contribution >= 0.6 is 11.7 Å². The van der Waals surface area contributed by atoms with E-state index in [2.05, 4.69) is 15.3 Å². The summed E-state index contributed by atoms with van der Waals surface area (Å²) < 4.78 is 6.11. The predicted molar refractivity (Wildman–Crippen MR) is 32.8 cm³/mol. The molecule has 0 unspecified atom stereocenters. The van der Waals surface area contributed by atoms with E-state index in [9.17, 15) is 4.79 Å². The highest BCUT2D eigenvalue weighted by molar-refractivity contribution is 6.99. The lowest BCUT2D eigenvalue weighted by Gasteiger charge is -1.67. The molecule has 1 rings (SSSR count). The van der Waals surface area contributed by atoms with Crippen molar-refractivity contribution in [3.63, 3.8) is 0 Å². The lowest BCUT2D eigenvalue weighted by Crippen LogP contribution is -1.99. The van der Waals surface area contributed by atoms with Crippen LogP contribution in [-0.2, 0) is 0 Å². The van der Waals surface area contributed by atoms with Crippen LogP contribution in [0.4, 0.5) is 0 Å². The predicted octanol–water partition coefficient (Wildman–Crippen LogP) is 0.474. The zero-order valence-electron chi connectivity index (χ0n) is 4.05. The second-order valence-electron chi connectivity index (χ2n) is 1.20. The Morgan fingerprint density at radius 3 is 2.88 bits per heavy atom. The number of rotatable bonds is 1. The van der Waals surface area contributed by atoms with Crippen molar-refractivity contribution in [1.82, 2.24) is 8.75 Å². The van der Waals surface area contributed by atoms with Gasteiger partial charge in [-0.15, -0.1) is 0 Å². The minimum absolute atomic E-state index is 0.162. The minimum atomic E-state index is -0.162. The molecule has 0 atom stereocenters. The molecule has 3 nitrogen and oxygen atoms in total. The molecule has 0 aromatic carbocycles. The largest absolute Gasteiger partial charge is 0.285 e. The molecule has 0 aliphatic heterocycles. The zero-order chi connectivity index (χ0) is 5.98. The summed E-state index contributed by atoms with van der Waals surface area (Å²) >= 11 is 1.03. The number of aromatic amines is 1. The monoisotopic (exact) mass is 128 g/mol. The summed E-state index contributed by atoms with van der Waals surface area (Å²) in [6.07, 6.45) is 1.43. The van der Waals surface area contributed by atoms with Crippen molar-refractivity contribution in [2.75, 3.05) is 0 Å². The van der Waals surface area contributed by atoms with Gasteiger partial charge in [-0.25, -0.2) is 0 Å². The third-order valence-electron chi connectivity index (χ3n) is 0.708. The molecule has 0 radical (unpaired) electrons. The van der Waals surface area contributed by atoms with Gasteiger partial charge in [-0.3, -0.25) is 9.17 Å². The second-order valence-corrected chi connectivity index (χ2v) is 1.77. The Hall–Kier alpha value is -0.900. The summed E-state index contributed by atoms with van der Waals surface area (Å²) in [5.41, 5.74) is 0.236. The molecule has 0 bridgehead atoms. The number of hydrogen-bond donors (Lipinski definition) is 1. The molecule has 1 heterocycles. The maximum absolute atomic E-state index is 10.5. The molecular formula is C4H4N2OS. The van der Waals surface area contributed by atoms with E-state index in [0.29, 0.717) is 5.69 Å². The van der Waals surface area contributed by atoms with Gasteiger partial charge in [0.15, 0.2) is 0 Å². The number of nitrogens with one attached hydrogen (secondary N) is 1. The van der Waals surface area contributed by atoms with Crippen molar-refractivity contribution in [2.45, 2.75) is 0 Å². The Morgan fingerprint density at radius 2 is 2.62 bits per heavy atom. The van der Waals surface area contributed by atoms with E-state index in [4.69, 9.17) is 0 Å². The van der Waals surface area contributed by atoms with Gasteiger partial charge in [0.2, 0.25) is 0 Å². The van der Waals surface area contributed by atoms with Crippen molar-refractivity contribution in [3.05, 3.63) is 22.6 Å². The van der Waals surface area contributed by atoms with Crippen LogP contribution < -0.4 is 5.56 Å². The highest BCUT2D eigenvalue weighted by atomic mass is 32.1. The van der Waals surface area contributed by atoms with Gasteiger partial charge in [-0.2, -0.15) is 4.37 Å². The Balaban J connectivity index is 3.30. The number of H-pyrrole nitrogens is 1. The lowest BCUT2D eigenvalue weighted by atomic mass is 10.5. The molecule has 0 saturated carbocycles. The van der Waals surface area contributed by atoms with Crippen LogP contribution in [0.5, 0.6) is 0 Å². The molecule has 8 heavy (non-hydrogen) atoms. The average Bonchev–Trinajstić information content (AvgIpc) is 2.14. The van der Waals surface area contributed by atoms with Gasteiger partial charge in [0, 0.05) is 11.7 Å². The van der Waals surface area contributed by atoms with Gasteiger partial charge >= 0.3 is 0 Å². The summed E-state index contributed by atoms with van der Waals surface area (Å²) in [5.74, 6) is 0. The SMILES string of the molecule is C=Cc1ns[nH]c1=O. The second kappa shape index (κ2) is 1.92. The Labute approximate surface area is 50.0 Å². The molecule has 0 spiro atoms. The maximum atomic E-state index is 10.5. The van der Waals surface area contributed by atoms with Gasteiger partial charge < -0.3 is 0 Å². The molecule has 0 aliphatic rings. The first-order valence-electron chi connectivity index (χ1n) is 2.01. The van der Waals surface area contributed by atoms with Crippen LogP contribution in [0.25, 0.3) is 6.08 Å². The Kier molecular flexibility index (Phi) is 1.26. The van der Waals surface area contributed by atoms with Crippen molar-refractivity contribution >= 4 is 17.8 Å². The van der Waals surface area contributed by atoms with Gasteiger partial charge in [-0.1, -0.05) is 6.58 Å². The number of nitrogens with zero attached hydrogens (tertiary/aromatic N) is 1. The van der Waals surface area contributed by atoms with Crippen LogP contribution in [0, 0.1) is 0 Å². The molecule has 4 heteroatoms. The number of hydrogen-bond acceptors (Lipinski definition) is 3. The third kappa shape index (κ3) is 0.696. The Morgan fingerprint density at radius 1 is 1.88 bits per heavy atom. The fraction of sp³-hybridized carbons (Fsp3) is 0. The van der Waals surface area contributed by atoms with Gasteiger partial charge in [-0.05, 0) is 6.08 Å². The quantitative estimate of drug-likeness (QED) is 0.597. The molecule has 1 aromatic rings. The van der Waals surface area contributed by atoms with E-state index in [1.807, 2.05) is 0 Å². The fourth-order valence-corrected chi connectivity index (χ4v) is 0.826. The minimum Gasteiger partial charge on any atom is -0.266 e. The summed E-state index contributed by atoms with van der Waals surface area (Å²) in [5, 5.41) is 0. The highest BCUT2D eigenvalue weighted by Crippen LogP contribution is 1.86. The molecule has 0 saturated heterocycles. The smallest absolute Gasteiger partial charge is 0.266 e. The molecule has 42 valence electrons. The summed E-state index contributed by atoms with van der Waals surface area (Å²) in [6, 6.07) is 0. The lowest BCUT2D eigenvalue weighted by molar-refractivity contribution is 1.37. The van der Waals surface area contributed by atoms with Crippen molar-refractivity contribution in [2.24, 2.45) is 0 Å². The van der Waals surface area contributed by atoms with Gasteiger partial charge in [0.05, 0.1) is 0 Å². The van der Waals surface area contributed by atoms with E-state index in [1.165, 1.54) is 6.08 Å². The van der Waals surface area contributed by atoms with Crippen LogP contribution in [0.3, 0.4) is 0 Å². The molecule has 1 aromatic heterocycles. The van der Waals surface area contributed by atoms with Crippen LogP contribution in [-0.4, -0.2) is 8.75 Å². The molecular weight excluding hydrogens is 124 g/mol. The van der Waals surface area contributed by atoms with E-state index in [-0.39, 0.29) is 5.56 Å². The van der Waals surface area contributed by atoms with Crippen molar-refractivity contribution < 1.29 is 0 Å². The first-order chi connectivity index (χ1) is 3.84. The summed E-state index contributed by atoms with van der Waals surface area (Å²) in [6.45, 7) is 3.39. The zero-order valence-corrected chi connectivity index (χ0v) is 4.86. The maximum Gasteiger partial charge on any atom is 0.285 e. The molecule has 1 N–H and O–H groups in total. The average molecular weight is 128 g/mol. The van der Waals surface area contributed by atoms with Crippen LogP contribution in [0.15, 0.2) is 11.4 Å². The molecule has 0 amide bonds. The fourth-order valence-electron chi connectivity index (χ4n) is 0.337. The topological polar surface area (TPSA) is 45.8 Å². The van der Waals surface area contributed by atoms with Crippen LogP contribution in [0.2, 0.25) is 0 Å². The van der Waals surface area contributed by atoms with E-state index >= 15 is 0 Å². The van der Waals surface area contributed by atoms with E-state index < -0.39 is 0 Å². The van der Waals surface area contributed by atoms with E-state index in [0.717, 1.165) is 11.7 Å². The summed E-state index contributed by atoms with van der Waals surface area (Å²) in [7, 11) is 0. The van der Waals surface area contributed by atoms with Gasteiger partial charge in [0.1, 0.15) is 5.69 Å². The van der Waals surface area contributed by atoms with Crippen molar-refractivity contribution in [3.8, 4) is 0 Å². The summed E-state index contributed by atoms with van der Waals surface area (Å²) in [4.78, 5) is 10.5. The standard InChI is InChI=1S/C4H4N2OS/c1-2-3-4(7)6-8-5-3/h2H,1H2,(H,6,7). The first-order valence-corrected chi connectivity index (χ1v) is 2.78. The van der Waals surface area contributed by atoms with E-state index in [1.54, 1.807) is 0 Å². The Bertz CT molecular complexity index is 236. The van der Waals surface area contributed by atoms with Crippen molar-refractivity contribution in [1.29, 1.82) is 0 Å².